The molecule has 1 unspecified atom stereocenters. The fourth-order valence-corrected chi connectivity index (χ4v) is 3.05. The molecule has 0 aromatic carbocycles. The molecule has 1 aliphatic rings. The third-order valence-corrected chi connectivity index (χ3v) is 4.33. The number of rotatable bonds is 2. The van der Waals surface area contributed by atoms with Crippen molar-refractivity contribution < 1.29 is 0 Å². The third kappa shape index (κ3) is 2.45. The molecule has 5 heteroatoms. The van der Waals surface area contributed by atoms with E-state index in [1.54, 1.807) is 6.33 Å². The molecule has 14 heavy (non-hydrogen) atoms. The van der Waals surface area contributed by atoms with Crippen LogP contribution in [0, 0.1) is 5.92 Å². The summed E-state index contributed by atoms with van der Waals surface area (Å²) in [5, 5.41) is 2.22. The average Bonchev–Trinajstić information content (AvgIpc) is 2.63. The molecule has 1 aromatic heterocycles. The van der Waals surface area contributed by atoms with Gasteiger partial charge in [0.1, 0.15) is 6.33 Å². The van der Waals surface area contributed by atoms with Gasteiger partial charge in [-0.05, 0) is 25.2 Å². The van der Waals surface area contributed by atoms with E-state index in [0.29, 0.717) is 0 Å². The molecule has 0 bridgehead atoms. The molecule has 1 aliphatic heterocycles. The summed E-state index contributed by atoms with van der Waals surface area (Å²) in [6, 6.07) is 0. The summed E-state index contributed by atoms with van der Waals surface area (Å²) in [5.41, 5.74) is 0. The van der Waals surface area contributed by atoms with E-state index in [2.05, 4.69) is 30.2 Å². The van der Waals surface area contributed by atoms with Crippen LogP contribution in [0.4, 0.5) is 5.13 Å². The van der Waals surface area contributed by atoms with Gasteiger partial charge in [-0.25, -0.2) is 4.98 Å². The lowest BCUT2D eigenvalue weighted by Gasteiger charge is -2.18. The van der Waals surface area contributed by atoms with E-state index in [1.165, 1.54) is 30.8 Å². The minimum atomic E-state index is 0.841. The molecule has 0 aliphatic carbocycles. The quantitative estimate of drug-likeness (QED) is 0.777. The Balaban J connectivity index is 1.96. The van der Waals surface area contributed by atoms with Crippen molar-refractivity contribution in [2.24, 2.45) is 5.92 Å². The van der Waals surface area contributed by atoms with Gasteiger partial charge in [0.05, 0.1) is 0 Å². The van der Waals surface area contributed by atoms with Crippen molar-refractivity contribution in [1.29, 1.82) is 0 Å². The second-order valence-corrected chi connectivity index (χ2v) is 5.07. The monoisotopic (exact) mass is 275 g/mol. The Bertz CT molecular complexity index is 265. The van der Waals surface area contributed by atoms with Gasteiger partial charge in [-0.2, -0.15) is 4.37 Å². The minimum Gasteiger partial charge on any atom is -0.347 e. The molecular weight excluding hydrogens is 262 g/mol. The molecule has 0 spiro atoms. The highest BCUT2D eigenvalue weighted by molar-refractivity contribution is 9.09. The summed E-state index contributed by atoms with van der Waals surface area (Å²) in [6.07, 6.45) is 5.52. The fraction of sp³-hybridized carbons (Fsp3) is 0.778. The molecule has 2 heterocycles. The molecule has 0 saturated carbocycles. The van der Waals surface area contributed by atoms with Gasteiger partial charge < -0.3 is 4.90 Å². The van der Waals surface area contributed by atoms with Crippen molar-refractivity contribution in [3.63, 3.8) is 0 Å². The first-order valence-corrected chi connectivity index (χ1v) is 6.87. The average molecular weight is 276 g/mol. The summed E-state index contributed by atoms with van der Waals surface area (Å²) < 4.78 is 4.05. The maximum absolute atomic E-state index is 4.25. The predicted octanol–water partition coefficient (Wildman–Crippen LogP) is 2.54. The molecule has 1 atom stereocenters. The molecule has 2 rings (SSSR count). The number of nitrogens with zero attached hydrogens (tertiary/aromatic N) is 3. The van der Waals surface area contributed by atoms with Crippen molar-refractivity contribution in [2.75, 3.05) is 23.3 Å². The highest BCUT2D eigenvalue weighted by Gasteiger charge is 2.17. The SMILES string of the molecule is BrCC1CCCN(c2ncns2)CC1. The van der Waals surface area contributed by atoms with Crippen molar-refractivity contribution in [3.05, 3.63) is 6.33 Å². The van der Waals surface area contributed by atoms with Gasteiger partial charge >= 0.3 is 0 Å². The van der Waals surface area contributed by atoms with Crippen LogP contribution in [0.15, 0.2) is 6.33 Å². The zero-order valence-corrected chi connectivity index (χ0v) is 10.4. The summed E-state index contributed by atoms with van der Waals surface area (Å²) in [6.45, 7) is 2.27. The number of halogens is 1. The fourth-order valence-electron chi connectivity index (χ4n) is 1.82. The molecular formula is C9H14BrN3S. The van der Waals surface area contributed by atoms with E-state index in [9.17, 15) is 0 Å². The molecule has 1 saturated heterocycles. The number of anilines is 1. The van der Waals surface area contributed by atoms with Crippen LogP contribution in [0.2, 0.25) is 0 Å². The summed E-state index contributed by atoms with van der Waals surface area (Å²) in [7, 11) is 0. The van der Waals surface area contributed by atoms with Crippen LogP contribution in [0.3, 0.4) is 0 Å². The van der Waals surface area contributed by atoms with Gasteiger partial charge in [0.25, 0.3) is 0 Å². The van der Waals surface area contributed by atoms with E-state index in [1.807, 2.05) is 0 Å². The first kappa shape index (κ1) is 10.4. The van der Waals surface area contributed by atoms with Crippen molar-refractivity contribution in [1.82, 2.24) is 9.36 Å². The molecule has 0 amide bonds. The Morgan fingerprint density at radius 3 is 3.14 bits per heavy atom. The standard InChI is InChI=1S/C9H14BrN3S/c10-6-8-2-1-4-13(5-3-8)9-11-7-12-14-9/h7-8H,1-6H2. The molecule has 1 fully saturated rings. The van der Waals surface area contributed by atoms with Gasteiger partial charge in [0.15, 0.2) is 0 Å². The topological polar surface area (TPSA) is 29.0 Å². The highest BCUT2D eigenvalue weighted by Crippen LogP contribution is 2.23. The molecule has 3 nitrogen and oxygen atoms in total. The van der Waals surface area contributed by atoms with Crippen molar-refractivity contribution >= 4 is 32.6 Å². The van der Waals surface area contributed by atoms with E-state index >= 15 is 0 Å². The zero-order chi connectivity index (χ0) is 9.80. The lowest BCUT2D eigenvalue weighted by molar-refractivity contribution is 0.533. The van der Waals surface area contributed by atoms with Crippen LogP contribution in [0.5, 0.6) is 0 Å². The Morgan fingerprint density at radius 2 is 2.43 bits per heavy atom. The van der Waals surface area contributed by atoms with Crippen LogP contribution in [-0.2, 0) is 0 Å². The lowest BCUT2D eigenvalue weighted by atomic mass is 10.0. The predicted molar refractivity (Wildman–Crippen MR) is 63.3 cm³/mol. The smallest absolute Gasteiger partial charge is 0.204 e. The molecule has 1 aromatic rings. The van der Waals surface area contributed by atoms with Crippen LogP contribution in [-0.4, -0.2) is 27.8 Å². The number of hydrogen-bond donors (Lipinski definition) is 0. The first-order chi connectivity index (χ1) is 6.90. The van der Waals surface area contributed by atoms with Crippen LogP contribution >= 0.6 is 27.5 Å². The largest absolute Gasteiger partial charge is 0.347 e. The zero-order valence-electron chi connectivity index (χ0n) is 8.03. The van der Waals surface area contributed by atoms with Gasteiger partial charge in [-0.1, -0.05) is 15.9 Å². The van der Waals surface area contributed by atoms with Crippen molar-refractivity contribution in [3.8, 4) is 0 Å². The van der Waals surface area contributed by atoms with E-state index < -0.39 is 0 Å². The first-order valence-electron chi connectivity index (χ1n) is 4.97. The molecule has 78 valence electrons. The Morgan fingerprint density at radius 1 is 1.50 bits per heavy atom. The summed E-state index contributed by atoms with van der Waals surface area (Å²) in [4.78, 5) is 6.62. The van der Waals surface area contributed by atoms with Gasteiger partial charge in [0, 0.05) is 30.0 Å². The van der Waals surface area contributed by atoms with Gasteiger partial charge in [-0.3, -0.25) is 0 Å². The van der Waals surface area contributed by atoms with Gasteiger partial charge in [0.2, 0.25) is 5.13 Å². The highest BCUT2D eigenvalue weighted by atomic mass is 79.9. The maximum atomic E-state index is 4.25. The van der Waals surface area contributed by atoms with E-state index in [-0.39, 0.29) is 0 Å². The Kier molecular flexibility index (Phi) is 3.75. The number of alkyl halides is 1. The normalized spacial score (nSPS) is 23.5. The third-order valence-electron chi connectivity index (χ3n) is 2.69. The second kappa shape index (κ2) is 5.07. The van der Waals surface area contributed by atoms with Crippen LogP contribution < -0.4 is 4.90 Å². The second-order valence-electron chi connectivity index (χ2n) is 3.66. The van der Waals surface area contributed by atoms with Gasteiger partial charge in [-0.15, -0.1) is 0 Å². The van der Waals surface area contributed by atoms with E-state index in [4.69, 9.17) is 0 Å². The maximum Gasteiger partial charge on any atom is 0.204 e. The summed E-state index contributed by atoms with van der Waals surface area (Å²) >= 11 is 5.07. The summed E-state index contributed by atoms with van der Waals surface area (Å²) in [5.74, 6) is 0.841. The number of aromatic nitrogens is 2. The minimum absolute atomic E-state index is 0.841. The van der Waals surface area contributed by atoms with Crippen LogP contribution in [0.25, 0.3) is 0 Å². The lowest BCUT2D eigenvalue weighted by Crippen LogP contribution is -2.23. The van der Waals surface area contributed by atoms with E-state index in [0.717, 1.165) is 29.5 Å². The van der Waals surface area contributed by atoms with Crippen molar-refractivity contribution in [2.45, 2.75) is 19.3 Å². The Hall–Kier alpha value is -0.160. The number of hydrogen-bond acceptors (Lipinski definition) is 4. The Labute approximate surface area is 96.8 Å². The molecule has 0 N–H and O–H groups in total. The van der Waals surface area contributed by atoms with Crippen LogP contribution in [0.1, 0.15) is 19.3 Å². The molecule has 0 radical (unpaired) electrons.